The van der Waals surface area contributed by atoms with Crippen molar-refractivity contribution in [3.63, 3.8) is 0 Å². The molecule has 0 aromatic heterocycles. The van der Waals surface area contributed by atoms with Gasteiger partial charge in [-0.25, -0.2) is 4.79 Å². The van der Waals surface area contributed by atoms with Crippen LogP contribution >= 0.6 is 0 Å². The number of benzene rings is 1. The smallest absolute Gasteiger partial charge is 0.344 e. The number of nitro groups is 1. The van der Waals surface area contributed by atoms with E-state index in [9.17, 15) is 14.9 Å². The lowest BCUT2D eigenvalue weighted by atomic mass is 10.1. The number of nitrogens with zero attached hydrogens (tertiary/aromatic N) is 1. The maximum Gasteiger partial charge on any atom is 0.344 e. The standard InChI is InChI=1S/C14H20N2O5/c1-3-5-13(14(17)18)21-12-7-6-10(9-15-4-2)8-11(12)16(19)20/h6-8,13,15H,3-5,9H2,1-2H3,(H,17,18). The van der Waals surface area contributed by atoms with Gasteiger partial charge in [-0.2, -0.15) is 0 Å². The zero-order valence-electron chi connectivity index (χ0n) is 12.2. The number of ether oxygens (including phenoxy) is 1. The Balaban J connectivity index is 2.99. The lowest BCUT2D eigenvalue weighted by molar-refractivity contribution is -0.386. The largest absolute Gasteiger partial charge is 0.479 e. The lowest BCUT2D eigenvalue weighted by Crippen LogP contribution is -2.27. The van der Waals surface area contributed by atoms with Crippen LogP contribution in [0.15, 0.2) is 18.2 Å². The van der Waals surface area contributed by atoms with E-state index in [2.05, 4.69) is 5.32 Å². The van der Waals surface area contributed by atoms with Crippen LogP contribution in [0.25, 0.3) is 0 Å². The number of aliphatic carboxylic acids is 1. The van der Waals surface area contributed by atoms with Crippen LogP contribution in [0.5, 0.6) is 5.75 Å². The van der Waals surface area contributed by atoms with E-state index in [0.717, 1.165) is 12.1 Å². The Bertz CT molecular complexity index is 504. The first-order valence-corrected chi connectivity index (χ1v) is 6.87. The molecule has 0 bridgehead atoms. The Morgan fingerprint density at radius 1 is 1.48 bits per heavy atom. The summed E-state index contributed by atoms with van der Waals surface area (Å²) in [4.78, 5) is 21.6. The van der Waals surface area contributed by atoms with E-state index in [4.69, 9.17) is 9.84 Å². The second-order valence-corrected chi connectivity index (χ2v) is 4.57. The summed E-state index contributed by atoms with van der Waals surface area (Å²) in [6, 6.07) is 4.55. The van der Waals surface area contributed by atoms with Crippen molar-refractivity contribution in [1.82, 2.24) is 5.32 Å². The van der Waals surface area contributed by atoms with Gasteiger partial charge in [0.05, 0.1) is 4.92 Å². The van der Waals surface area contributed by atoms with Crippen LogP contribution in [-0.2, 0) is 11.3 Å². The Hall–Kier alpha value is -2.15. The van der Waals surface area contributed by atoms with Crippen LogP contribution in [-0.4, -0.2) is 28.6 Å². The molecule has 0 radical (unpaired) electrons. The Morgan fingerprint density at radius 3 is 2.71 bits per heavy atom. The Labute approximate surface area is 123 Å². The van der Waals surface area contributed by atoms with Crippen LogP contribution < -0.4 is 10.1 Å². The molecule has 1 aromatic rings. The molecule has 2 N–H and O–H groups in total. The van der Waals surface area contributed by atoms with Gasteiger partial charge in [-0.1, -0.05) is 26.3 Å². The number of hydrogen-bond donors (Lipinski definition) is 2. The first-order chi connectivity index (χ1) is 9.99. The summed E-state index contributed by atoms with van der Waals surface area (Å²) in [5, 5.41) is 23.2. The van der Waals surface area contributed by atoms with E-state index in [1.807, 2.05) is 13.8 Å². The highest BCUT2D eigenvalue weighted by Crippen LogP contribution is 2.29. The van der Waals surface area contributed by atoms with Crippen LogP contribution in [0.3, 0.4) is 0 Å². The fourth-order valence-electron chi connectivity index (χ4n) is 1.83. The van der Waals surface area contributed by atoms with Crippen molar-refractivity contribution >= 4 is 11.7 Å². The number of carboxylic acid groups (broad SMARTS) is 1. The van der Waals surface area contributed by atoms with Crippen molar-refractivity contribution in [2.24, 2.45) is 0 Å². The normalized spacial score (nSPS) is 11.9. The second-order valence-electron chi connectivity index (χ2n) is 4.57. The fourth-order valence-corrected chi connectivity index (χ4v) is 1.83. The topological polar surface area (TPSA) is 102 Å². The molecule has 1 aromatic carbocycles. The SMILES string of the molecule is CCCC(Oc1ccc(CNCC)cc1[N+](=O)[O-])C(=O)O. The third-order valence-electron chi connectivity index (χ3n) is 2.89. The molecule has 0 aliphatic rings. The van der Waals surface area contributed by atoms with Gasteiger partial charge in [-0.15, -0.1) is 0 Å². The van der Waals surface area contributed by atoms with Gasteiger partial charge in [-0.3, -0.25) is 10.1 Å². The molecular formula is C14H20N2O5. The second kappa shape index (κ2) is 8.21. The zero-order valence-corrected chi connectivity index (χ0v) is 12.2. The van der Waals surface area contributed by atoms with E-state index in [0.29, 0.717) is 19.4 Å². The first kappa shape index (κ1) is 16.9. The number of nitrogens with one attached hydrogen (secondary N) is 1. The van der Waals surface area contributed by atoms with Gasteiger partial charge in [0.25, 0.3) is 0 Å². The molecule has 7 nitrogen and oxygen atoms in total. The van der Waals surface area contributed by atoms with E-state index in [1.165, 1.54) is 12.1 Å². The minimum atomic E-state index is -1.12. The Morgan fingerprint density at radius 2 is 2.19 bits per heavy atom. The van der Waals surface area contributed by atoms with Gasteiger partial charge >= 0.3 is 11.7 Å². The van der Waals surface area contributed by atoms with E-state index in [1.54, 1.807) is 6.07 Å². The molecule has 0 aliphatic heterocycles. The molecule has 1 atom stereocenters. The molecule has 7 heteroatoms. The van der Waals surface area contributed by atoms with Gasteiger partial charge in [0.1, 0.15) is 0 Å². The number of carbonyl (C=O) groups is 1. The quantitative estimate of drug-likeness (QED) is 0.535. The molecule has 0 amide bonds. The van der Waals surface area contributed by atoms with Gasteiger partial charge in [0.2, 0.25) is 0 Å². The molecule has 0 saturated heterocycles. The molecular weight excluding hydrogens is 276 g/mol. The van der Waals surface area contributed by atoms with Crippen LogP contribution in [0.4, 0.5) is 5.69 Å². The molecule has 0 spiro atoms. The maximum absolute atomic E-state index is 11.1. The molecule has 0 fully saturated rings. The summed E-state index contributed by atoms with van der Waals surface area (Å²) in [6.45, 7) is 5.03. The molecule has 116 valence electrons. The summed E-state index contributed by atoms with van der Waals surface area (Å²) < 4.78 is 5.31. The predicted octanol–water partition coefficient (Wildman–Crippen LogP) is 2.34. The first-order valence-electron chi connectivity index (χ1n) is 6.87. The minimum Gasteiger partial charge on any atom is -0.479 e. The van der Waals surface area contributed by atoms with Crippen LogP contribution in [0, 0.1) is 10.1 Å². The molecule has 0 heterocycles. The minimum absolute atomic E-state index is 0.0129. The average Bonchev–Trinajstić information content (AvgIpc) is 2.45. The van der Waals surface area contributed by atoms with E-state index in [-0.39, 0.29) is 11.4 Å². The van der Waals surface area contributed by atoms with Crippen molar-refractivity contribution in [2.45, 2.75) is 39.3 Å². The molecule has 0 saturated carbocycles. The van der Waals surface area contributed by atoms with Crippen molar-refractivity contribution in [3.8, 4) is 5.75 Å². The highest BCUT2D eigenvalue weighted by molar-refractivity contribution is 5.73. The van der Waals surface area contributed by atoms with Crippen molar-refractivity contribution in [1.29, 1.82) is 0 Å². The summed E-state index contributed by atoms with van der Waals surface area (Å²) >= 11 is 0. The summed E-state index contributed by atoms with van der Waals surface area (Å²) in [5.74, 6) is -1.14. The third-order valence-corrected chi connectivity index (χ3v) is 2.89. The number of hydrogen-bond acceptors (Lipinski definition) is 5. The van der Waals surface area contributed by atoms with Crippen molar-refractivity contribution in [3.05, 3.63) is 33.9 Å². The lowest BCUT2D eigenvalue weighted by Gasteiger charge is -2.14. The fraction of sp³-hybridized carbons (Fsp3) is 0.500. The number of rotatable bonds is 9. The van der Waals surface area contributed by atoms with Crippen LogP contribution in [0.1, 0.15) is 32.3 Å². The molecule has 1 unspecified atom stereocenters. The van der Waals surface area contributed by atoms with Gasteiger partial charge in [0, 0.05) is 12.6 Å². The van der Waals surface area contributed by atoms with Crippen LogP contribution in [0.2, 0.25) is 0 Å². The van der Waals surface area contributed by atoms with Crippen molar-refractivity contribution in [2.75, 3.05) is 6.54 Å². The summed E-state index contributed by atoms with van der Waals surface area (Å²) in [6.07, 6.45) is -0.164. The zero-order chi connectivity index (χ0) is 15.8. The van der Waals surface area contributed by atoms with E-state index < -0.39 is 17.0 Å². The Kier molecular flexibility index (Phi) is 6.61. The van der Waals surface area contributed by atoms with Gasteiger partial charge in [-0.05, 0) is 24.6 Å². The average molecular weight is 296 g/mol. The number of carboxylic acids is 1. The maximum atomic E-state index is 11.1. The van der Waals surface area contributed by atoms with Gasteiger partial charge in [0.15, 0.2) is 11.9 Å². The van der Waals surface area contributed by atoms with Gasteiger partial charge < -0.3 is 15.2 Å². The third kappa shape index (κ3) is 5.03. The van der Waals surface area contributed by atoms with E-state index >= 15 is 0 Å². The predicted molar refractivity (Wildman–Crippen MR) is 77.4 cm³/mol. The summed E-state index contributed by atoms with van der Waals surface area (Å²) in [5.41, 5.74) is 0.533. The monoisotopic (exact) mass is 296 g/mol. The van der Waals surface area contributed by atoms with Crippen molar-refractivity contribution < 1.29 is 19.6 Å². The summed E-state index contributed by atoms with van der Waals surface area (Å²) in [7, 11) is 0. The molecule has 0 aliphatic carbocycles. The molecule has 1 rings (SSSR count). The molecule has 21 heavy (non-hydrogen) atoms. The highest BCUT2D eigenvalue weighted by atomic mass is 16.6. The number of nitro benzene ring substituents is 1. The highest BCUT2D eigenvalue weighted by Gasteiger charge is 2.23.